The number of benzene rings is 3. The monoisotopic (exact) mass is 386 g/mol. The van der Waals surface area contributed by atoms with Crippen LogP contribution in [0.1, 0.15) is 22.8 Å². The first-order valence-corrected chi connectivity index (χ1v) is 9.43. The fraction of sp³-hybridized carbons (Fsp3) is 0.208. The van der Waals surface area contributed by atoms with Gasteiger partial charge in [0.2, 0.25) is 5.91 Å². The van der Waals surface area contributed by atoms with Crippen molar-refractivity contribution >= 4 is 28.2 Å². The second-order valence-corrected chi connectivity index (χ2v) is 6.96. The van der Waals surface area contributed by atoms with E-state index in [1.165, 1.54) is 0 Å². The molecular weight excluding hydrogens is 364 g/mol. The van der Waals surface area contributed by atoms with E-state index >= 15 is 0 Å². The number of nitrogens with zero attached hydrogens (tertiary/aromatic N) is 1. The van der Waals surface area contributed by atoms with Crippen LogP contribution in [0.5, 0.6) is 0 Å². The van der Waals surface area contributed by atoms with Crippen LogP contribution in [0.3, 0.4) is 0 Å². The highest BCUT2D eigenvalue weighted by Crippen LogP contribution is 2.30. The number of amides is 1. The third kappa shape index (κ3) is 4.68. The standard InChI is InChI=1S/C24H22N2O3/c1-16(27)21(24(29)26-15-23(28)17-8-4-3-5-9-17)14-18-12-13-22(25-2)20-11-7-6-10-19(18)20/h3-13,16,21,27H,14-15H2,1H3,(H,26,29)/t16-,21+/m0/s1. The number of ketones is 1. The molecule has 2 N–H and O–H groups in total. The minimum absolute atomic E-state index is 0.122. The molecule has 0 radical (unpaired) electrons. The average molecular weight is 386 g/mol. The molecule has 0 heterocycles. The summed E-state index contributed by atoms with van der Waals surface area (Å²) in [6.07, 6.45) is -0.580. The number of fused-ring (bicyclic) bond motifs is 1. The first-order chi connectivity index (χ1) is 14.0. The van der Waals surface area contributed by atoms with Gasteiger partial charge in [-0.2, -0.15) is 0 Å². The Morgan fingerprint density at radius 1 is 1.00 bits per heavy atom. The van der Waals surface area contributed by atoms with Crippen molar-refractivity contribution in [1.82, 2.24) is 5.32 Å². The second kappa shape index (κ2) is 9.13. The summed E-state index contributed by atoms with van der Waals surface area (Å²) in [4.78, 5) is 28.5. The molecule has 0 aromatic heterocycles. The lowest BCUT2D eigenvalue weighted by Crippen LogP contribution is -2.40. The molecule has 0 unspecified atom stereocenters. The lowest BCUT2D eigenvalue weighted by molar-refractivity contribution is -0.127. The number of carbonyl (C=O) groups is 2. The third-order valence-corrected chi connectivity index (χ3v) is 4.99. The van der Waals surface area contributed by atoms with Crippen LogP contribution in [0.25, 0.3) is 15.6 Å². The number of rotatable bonds is 7. The number of hydrogen-bond acceptors (Lipinski definition) is 3. The third-order valence-electron chi connectivity index (χ3n) is 4.99. The maximum absolute atomic E-state index is 12.7. The largest absolute Gasteiger partial charge is 0.393 e. The van der Waals surface area contributed by atoms with Crippen molar-refractivity contribution < 1.29 is 14.7 Å². The summed E-state index contributed by atoms with van der Waals surface area (Å²) in [5.41, 5.74) is 1.96. The molecule has 29 heavy (non-hydrogen) atoms. The summed E-state index contributed by atoms with van der Waals surface area (Å²) >= 11 is 0. The van der Waals surface area contributed by atoms with Crippen LogP contribution in [0.2, 0.25) is 0 Å². The fourth-order valence-electron chi connectivity index (χ4n) is 3.36. The molecule has 146 valence electrons. The van der Waals surface area contributed by atoms with Gasteiger partial charge in [-0.3, -0.25) is 9.59 Å². The van der Waals surface area contributed by atoms with Crippen molar-refractivity contribution in [2.24, 2.45) is 5.92 Å². The lowest BCUT2D eigenvalue weighted by atomic mass is 9.90. The zero-order valence-electron chi connectivity index (χ0n) is 16.1. The molecule has 1 amide bonds. The number of Topliss-reactive ketones (excluding diaryl/α,β-unsaturated/α-hetero) is 1. The van der Waals surface area contributed by atoms with Crippen LogP contribution in [0.15, 0.2) is 66.7 Å². The molecule has 0 fully saturated rings. The number of aliphatic hydroxyl groups excluding tert-OH is 1. The number of nitrogens with one attached hydrogen (secondary N) is 1. The molecule has 0 aliphatic rings. The van der Waals surface area contributed by atoms with E-state index < -0.39 is 12.0 Å². The highest BCUT2D eigenvalue weighted by molar-refractivity contribution is 6.00. The molecular formula is C24H22N2O3. The summed E-state index contributed by atoms with van der Waals surface area (Å²) in [7, 11) is 0. The minimum Gasteiger partial charge on any atom is -0.393 e. The second-order valence-electron chi connectivity index (χ2n) is 6.96. The summed E-state index contributed by atoms with van der Waals surface area (Å²) in [5.74, 6) is -1.27. The van der Waals surface area contributed by atoms with Crippen molar-refractivity contribution in [1.29, 1.82) is 0 Å². The summed E-state index contributed by atoms with van der Waals surface area (Å²) in [5, 5.41) is 14.6. The van der Waals surface area contributed by atoms with Crippen LogP contribution in [-0.4, -0.2) is 29.4 Å². The molecule has 3 rings (SSSR count). The summed E-state index contributed by atoms with van der Waals surface area (Å²) < 4.78 is 0. The van der Waals surface area contributed by atoms with Crippen molar-refractivity contribution in [2.45, 2.75) is 19.4 Å². The van der Waals surface area contributed by atoms with Crippen molar-refractivity contribution in [3.63, 3.8) is 0 Å². The first kappa shape index (κ1) is 20.2. The van der Waals surface area contributed by atoms with Gasteiger partial charge in [0.1, 0.15) is 0 Å². The number of carbonyl (C=O) groups excluding carboxylic acids is 2. The topological polar surface area (TPSA) is 70.8 Å². The molecule has 2 atom stereocenters. The highest BCUT2D eigenvalue weighted by Gasteiger charge is 2.25. The van der Waals surface area contributed by atoms with E-state index in [-0.39, 0.29) is 18.2 Å². The quantitative estimate of drug-likeness (QED) is 0.477. The Morgan fingerprint density at radius 3 is 2.31 bits per heavy atom. The van der Waals surface area contributed by atoms with E-state index in [1.54, 1.807) is 37.3 Å². The smallest absolute Gasteiger partial charge is 0.226 e. The zero-order valence-corrected chi connectivity index (χ0v) is 16.1. The van der Waals surface area contributed by atoms with Gasteiger partial charge in [-0.15, -0.1) is 0 Å². The molecule has 3 aromatic carbocycles. The van der Waals surface area contributed by atoms with E-state index in [1.807, 2.05) is 36.4 Å². The predicted molar refractivity (Wildman–Crippen MR) is 113 cm³/mol. The number of hydrogen-bond donors (Lipinski definition) is 2. The minimum atomic E-state index is -0.888. The molecule has 0 spiro atoms. The van der Waals surface area contributed by atoms with Crippen LogP contribution in [-0.2, 0) is 11.2 Å². The van der Waals surface area contributed by atoms with Gasteiger partial charge in [0.05, 0.1) is 25.1 Å². The van der Waals surface area contributed by atoms with Crippen LogP contribution >= 0.6 is 0 Å². The Bertz CT molecular complexity index is 1070. The fourth-order valence-corrected chi connectivity index (χ4v) is 3.36. The van der Waals surface area contributed by atoms with E-state index in [9.17, 15) is 14.7 Å². The van der Waals surface area contributed by atoms with E-state index in [0.717, 1.165) is 16.3 Å². The van der Waals surface area contributed by atoms with Crippen molar-refractivity contribution in [3.8, 4) is 0 Å². The Labute approximate surface area is 169 Å². The summed E-state index contributed by atoms with van der Waals surface area (Å²) in [6, 6.07) is 19.9. The molecule has 0 saturated carbocycles. The van der Waals surface area contributed by atoms with Gasteiger partial charge in [0.25, 0.3) is 0 Å². The Balaban J connectivity index is 1.77. The first-order valence-electron chi connectivity index (χ1n) is 9.43. The number of aliphatic hydroxyl groups is 1. The van der Waals surface area contributed by atoms with E-state index in [0.29, 0.717) is 17.7 Å². The molecule has 0 aliphatic carbocycles. The van der Waals surface area contributed by atoms with Crippen LogP contribution < -0.4 is 5.32 Å². The molecule has 5 nitrogen and oxygen atoms in total. The molecule has 0 bridgehead atoms. The van der Waals surface area contributed by atoms with Crippen LogP contribution in [0, 0.1) is 12.5 Å². The maximum Gasteiger partial charge on any atom is 0.226 e. The van der Waals surface area contributed by atoms with Gasteiger partial charge in [0.15, 0.2) is 11.5 Å². The Hall–Kier alpha value is -3.49. The summed E-state index contributed by atoms with van der Waals surface area (Å²) in [6.45, 7) is 8.78. The van der Waals surface area contributed by atoms with Crippen molar-refractivity contribution in [2.75, 3.05) is 6.54 Å². The Kier molecular flexibility index (Phi) is 6.38. The maximum atomic E-state index is 12.7. The van der Waals surface area contributed by atoms with Gasteiger partial charge >= 0.3 is 0 Å². The SMILES string of the molecule is [C-]#[N+]c1ccc(C[C@@H](C(=O)NCC(=O)c2ccccc2)[C@H](C)O)c2ccccc12. The van der Waals surface area contributed by atoms with Gasteiger partial charge in [-0.1, -0.05) is 66.7 Å². The van der Waals surface area contributed by atoms with Crippen LogP contribution in [0.4, 0.5) is 5.69 Å². The van der Waals surface area contributed by atoms with Gasteiger partial charge in [-0.25, -0.2) is 4.85 Å². The average Bonchev–Trinajstić information content (AvgIpc) is 2.75. The molecule has 0 saturated heterocycles. The molecule has 3 aromatic rings. The van der Waals surface area contributed by atoms with Gasteiger partial charge in [-0.05, 0) is 29.7 Å². The lowest BCUT2D eigenvalue weighted by Gasteiger charge is -2.20. The van der Waals surface area contributed by atoms with Crippen molar-refractivity contribution in [3.05, 3.63) is 89.3 Å². The van der Waals surface area contributed by atoms with Gasteiger partial charge in [0, 0.05) is 5.56 Å². The normalized spacial score (nSPS) is 12.7. The highest BCUT2D eigenvalue weighted by atomic mass is 16.3. The van der Waals surface area contributed by atoms with E-state index in [2.05, 4.69) is 10.2 Å². The van der Waals surface area contributed by atoms with Gasteiger partial charge < -0.3 is 10.4 Å². The Morgan fingerprint density at radius 2 is 1.66 bits per heavy atom. The molecule has 5 heteroatoms. The predicted octanol–water partition coefficient (Wildman–Crippen LogP) is 3.93. The van der Waals surface area contributed by atoms with E-state index in [4.69, 9.17) is 6.57 Å². The molecule has 0 aliphatic heterocycles. The zero-order chi connectivity index (χ0) is 20.8.